The number of aliphatic hydroxyl groups is 1. The highest BCUT2D eigenvalue weighted by Crippen LogP contribution is 2.34. The number of nitrogens with zero attached hydrogens (tertiary/aromatic N) is 2. The number of aryl methyl sites for hydroxylation is 1. The number of ether oxygens (including phenoxy) is 2. The molecule has 1 aromatic heterocycles. The molecule has 2 heterocycles. The minimum atomic E-state index is -0.276. The van der Waals surface area contributed by atoms with E-state index in [0.717, 1.165) is 24.1 Å². The number of nitrogens with two attached hydrogens (primary N) is 2. The van der Waals surface area contributed by atoms with Gasteiger partial charge in [0.1, 0.15) is 0 Å². The molecule has 8 nitrogen and oxygen atoms in total. The van der Waals surface area contributed by atoms with Crippen molar-refractivity contribution in [2.75, 3.05) is 27.4 Å². The maximum atomic E-state index is 11.5. The summed E-state index contributed by atoms with van der Waals surface area (Å²) < 4.78 is 10.7. The first-order chi connectivity index (χ1) is 12.4. The number of rotatable bonds is 6. The lowest BCUT2D eigenvalue weighted by atomic mass is 9.89. The normalized spacial score (nSPS) is 21.1. The lowest BCUT2D eigenvalue weighted by molar-refractivity contribution is -0.143. The second kappa shape index (κ2) is 8.98. The number of likely N-dealkylation sites (N-methyl/N-ethyl adjacent to an activating group) is 1. The van der Waals surface area contributed by atoms with Crippen LogP contribution < -0.4 is 11.6 Å². The van der Waals surface area contributed by atoms with Crippen LogP contribution in [0.15, 0.2) is 17.8 Å². The van der Waals surface area contributed by atoms with Gasteiger partial charge in [0.25, 0.3) is 0 Å². The zero-order chi connectivity index (χ0) is 19.3. The van der Waals surface area contributed by atoms with Gasteiger partial charge in [0.05, 0.1) is 36.9 Å². The van der Waals surface area contributed by atoms with Crippen LogP contribution in [0.1, 0.15) is 42.3 Å². The number of hydrogen-bond donors (Lipinski definition) is 3. The van der Waals surface area contributed by atoms with Gasteiger partial charge in [-0.3, -0.25) is 9.78 Å². The molecule has 1 fully saturated rings. The fourth-order valence-electron chi connectivity index (χ4n) is 3.18. The predicted molar refractivity (Wildman–Crippen MR) is 97.2 cm³/mol. The third-order valence-electron chi connectivity index (χ3n) is 4.71. The third-order valence-corrected chi connectivity index (χ3v) is 4.71. The maximum Gasteiger partial charge on any atom is 0.305 e. The first kappa shape index (κ1) is 20.2. The Balaban J connectivity index is 2.20. The standard InChI is InChI=1S/C18H28N4O4/c1-11-13(16-8-12(6-7-26-16)9-17(24)25-3)4-5-14(21-11)18(19)15(10-23)22(2)20/h4-5,12,16,23H,6-10,19-20H2,1-3H3/b18-15-. The Kier molecular flexibility index (Phi) is 6.96. The molecule has 0 saturated carbocycles. The molecular weight excluding hydrogens is 336 g/mol. The molecule has 5 N–H and O–H groups in total. The van der Waals surface area contributed by atoms with Crippen molar-refractivity contribution in [3.63, 3.8) is 0 Å². The van der Waals surface area contributed by atoms with E-state index in [0.29, 0.717) is 30.1 Å². The van der Waals surface area contributed by atoms with Crippen LogP contribution >= 0.6 is 0 Å². The summed E-state index contributed by atoms with van der Waals surface area (Å²) in [5.74, 6) is 5.73. The summed E-state index contributed by atoms with van der Waals surface area (Å²) >= 11 is 0. The number of aromatic nitrogens is 1. The van der Waals surface area contributed by atoms with Crippen LogP contribution in [-0.2, 0) is 14.3 Å². The molecule has 0 aromatic carbocycles. The number of hydrogen-bond acceptors (Lipinski definition) is 8. The van der Waals surface area contributed by atoms with Gasteiger partial charge in [-0.1, -0.05) is 6.07 Å². The predicted octanol–water partition coefficient (Wildman–Crippen LogP) is 0.846. The van der Waals surface area contributed by atoms with Crippen molar-refractivity contribution in [3.8, 4) is 0 Å². The number of hydrazine groups is 1. The number of esters is 1. The molecule has 0 aliphatic carbocycles. The largest absolute Gasteiger partial charge is 0.469 e. The topological polar surface area (TPSA) is 124 Å². The van der Waals surface area contributed by atoms with Crippen LogP contribution in [0.4, 0.5) is 0 Å². The highest BCUT2D eigenvalue weighted by atomic mass is 16.5. The van der Waals surface area contributed by atoms with E-state index in [2.05, 4.69) is 4.98 Å². The zero-order valence-electron chi connectivity index (χ0n) is 15.6. The first-order valence-corrected chi connectivity index (χ1v) is 8.61. The van der Waals surface area contributed by atoms with Crippen LogP contribution in [-0.4, -0.2) is 48.4 Å². The summed E-state index contributed by atoms with van der Waals surface area (Å²) in [4.78, 5) is 16.1. The van der Waals surface area contributed by atoms with E-state index in [1.165, 1.54) is 12.1 Å². The summed E-state index contributed by atoms with van der Waals surface area (Å²) in [6.07, 6.45) is 1.88. The summed E-state index contributed by atoms with van der Waals surface area (Å²) in [7, 11) is 3.01. The van der Waals surface area contributed by atoms with Crippen molar-refractivity contribution < 1.29 is 19.4 Å². The molecule has 1 aromatic rings. The molecule has 1 saturated heterocycles. The van der Waals surface area contributed by atoms with E-state index in [1.54, 1.807) is 13.1 Å². The van der Waals surface area contributed by atoms with Crippen LogP contribution in [0.2, 0.25) is 0 Å². The van der Waals surface area contributed by atoms with Gasteiger partial charge in [0.2, 0.25) is 0 Å². The summed E-state index contributed by atoms with van der Waals surface area (Å²) in [5, 5.41) is 10.7. The van der Waals surface area contributed by atoms with Crippen molar-refractivity contribution in [2.24, 2.45) is 17.5 Å². The lowest BCUT2D eigenvalue weighted by Crippen LogP contribution is -2.30. The number of pyridine rings is 1. The summed E-state index contributed by atoms with van der Waals surface area (Å²) in [5.41, 5.74) is 9.15. The fraction of sp³-hybridized carbons (Fsp3) is 0.556. The molecule has 1 aliphatic heterocycles. The SMILES string of the molecule is COC(=O)CC1CCOC(c2ccc(/C(N)=C(\CO)N(C)N)nc2C)C1. The Morgan fingerprint density at radius 3 is 2.81 bits per heavy atom. The van der Waals surface area contributed by atoms with E-state index in [1.807, 2.05) is 13.0 Å². The second-order valence-corrected chi connectivity index (χ2v) is 6.53. The zero-order valence-corrected chi connectivity index (χ0v) is 15.6. The van der Waals surface area contributed by atoms with Gasteiger partial charge >= 0.3 is 5.97 Å². The highest BCUT2D eigenvalue weighted by Gasteiger charge is 2.27. The van der Waals surface area contributed by atoms with Gasteiger partial charge in [0, 0.05) is 31.3 Å². The smallest absolute Gasteiger partial charge is 0.305 e. The highest BCUT2D eigenvalue weighted by molar-refractivity contribution is 5.69. The molecular formula is C18H28N4O4. The minimum absolute atomic E-state index is 0.111. The van der Waals surface area contributed by atoms with Crippen LogP contribution in [0, 0.1) is 12.8 Å². The number of carbonyl (C=O) groups excluding carboxylic acids is 1. The van der Waals surface area contributed by atoms with E-state index >= 15 is 0 Å². The Labute approximate surface area is 153 Å². The molecule has 26 heavy (non-hydrogen) atoms. The summed E-state index contributed by atoms with van der Waals surface area (Å²) in [6, 6.07) is 3.73. The van der Waals surface area contributed by atoms with E-state index in [4.69, 9.17) is 21.1 Å². The molecule has 0 spiro atoms. The van der Waals surface area contributed by atoms with Crippen LogP contribution in [0.5, 0.6) is 0 Å². The fourth-order valence-corrected chi connectivity index (χ4v) is 3.18. The van der Waals surface area contributed by atoms with Crippen molar-refractivity contribution in [1.82, 2.24) is 9.99 Å². The van der Waals surface area contributed by atoms with Gasteiger partial charge in [-0.25, -0.2) is 5.84 Å². The lowest BCUT2D eigenvalue weighted by Gasteiger charge is -2.30. The van der Waals surface area contributed by atoms with Crippen molar-refractivity contribution >= 4 is 11.7 Å². The molecule has 8 heteroatoms. The second-order valence-electron chi connectivity index (χ2n) is 6.53. The average molecular weight is 364 g/mol. The molecule has 0 radical (unpaired) electrons. The Hall–Kier alpha value is -2.16. The molecule has 2 unspecified atom stereocenters. The molecule has 2 atom stereocenters. The molecule has 2 rings (SSSR count). The van der Waals surface area contributed by atoms with Crippen LogP contribution in [0.3, 0.4) is 0 Å². The quantitative estimate of drug-likeness (QED) is 0.385. The number of aliphatic hydroxyl groups excluding tert-OH is 1. The Bertz CT molecular complexity index is 675. The van der Waals surface area contributed by atoms with Crippen molar-refractivity contribution in [1.29, 1.82) is 0 Å². The van der Waals surface area contributed by atoms with Gasteiger partial charge in [-0.05, 0) is 31.7 Å². The van der Waals surface area contributed by atoms with E-state index < -0.39 is 0 Å². The number of carbonyl (C=O) groups is 1. The Morgan fingerprint density at radius 1 is 1.50 bits per heavy atom. The van der Waals surface area contributed by atoms with E-state index in [9.17, 15) is 9.90 Å². The summed E-state index contributed by atoms with van der Waals surface area (Å²) in [6.45, 7) is 2.22. The van der Waals surface area contributed by atoms with Crippen molar-refractivity contribution in [3.05, 3.63) is 34.8 Å². The van der Waals surface area contributed by atoms with E-state index in [-0.39, 0.29) is 24.6 Å². The average Bonchev–Trinajstić information content (AvgIpc) is 2.61. The van der Waals surface area contributed by atoms with Crippen LogP contribution in [0.25, 0.3) is 5.70 Å². The van der Waals surface area contributed by atoms with Gasteiger partial charge in [-0.15, -0.1) is 0 Å². The molecule has 144 valence electrons. The van der Waals surface area contributed by atoms with Gasteiger partial charge < -0.3 is 25.3 Å². The minimum Gasteiger partial charge on any atom is -0.469 e. The van der Waals surface area contributed by atoms with Gasteiger partial charge in [0.15, 0.2) is 0 Å². The van der Waals surface area contributed by atoms with Gasteiger partial charge in [-0.2, -0.15) is 0 Å². The van der Waals surface area contributed by atoms with Crippen molar-refractivity contribution in [2.45, 2.75) is 32.3 Å². The monoisotopic (exact) mass is 364 g/mol. The third kappa shape index (κ3) is 4.72. The molecule has 0 bridgehead atoms. The Morgan fingerprint density at radius 2 is 2.23 bits per heavy atom. The maximum absolute atomic E-state index is 11.5. The first-order valence-electron chi connectivity index (χ1n) is 8.61. The number of methoxy groups -OCH3 is 1. The molecule has 0 amide bonds. The molecule has 1 aliphatic rings.